The topological polar surface area (TPSA) is 69.0 Å². The number of nitrogens with one attached hydrogen (secondary N) is 1. The predicted molar refractivity (Wildman–Crippen MR) is 115 cm³/mol. The molecule has 0 bridgehead atoms. The molecule has 150 valence electrons. The van der Waals surface area contributed by atoms with E-state index in [0.717, 1.165) is 16.8 Å². The van der Waals surface area contributed by atoms with Crippen molar-refractivity contribution in [3.63, 3.8) is 0 Å². The zero-order chi connectivity index (χ0) is 20.8. The Kier molecular flexibility index (Phi) is 6.06. The maximum absolute atomic E-state index is 12.5. The van der Waals surface area contributed by atoms with Crippen molar-refractivity contribution in [3.8, 4) is 11.6 Å². The summed E-state index contributed by atoms with van der Waals surface area (Å²) in [6.07, 6.45) is 4.88. The Hall–Kier alpha value is -3.64. The van der Waals surface area contributed by atoms with Crippen LogP contribution in [0.4, 0.5) is 0 Å². The molecule has 2 aromatic carbocycles. The van der Waals surface area contributed by atoms with E-state index in [-0.39, 0.29) is 5.91 Å². The number of aromatic nitrogens is 3. The normalized spacial score (nSPS) is 10.6. The lowest BCUT2D eigenvalue weighted by Crippen LogP contribution is -2.22. The third-order valence-electron chi connectivity index (χ3n) is 4.42. The molecule has 0 atom stereocenters. The number of carbonyl (C=O) groups is 1. The van der Waals surface area contributed by atoms with Gasteiger partial charge in [0.15, 0.2) is 0 Å². The molecule has 2 aromatic heterocycles. The molecule has 0 spiro atoms. The molecular weight excluding hydrogens is 400 g/mol. The second-order valence-electron chi connectivity index (χ2n) is 6.61. The first-order valence-electron chi connectivity index (χ1n) is 9.38. The number of rotatable bonds is 7. The van der Waals surface area contributed by atoms with Crippen LogP contribution < -0.4 is 10.1 Å². The molecule has 30 heavy (non-hydrogen) atoms. The summed E-state index contributed by atoms with van der Waals surface area (Å²) in [5.41, 5.74) is 3.26. The van der Waals surface area contributed by atoms with Crippen LogP contribution in [0.15, 0.2) is 85.3 Å². The lowest BCUT2D eigenvalue weighted by Gasteiger charge is -2.08. The molecule has 0 aliphatic rings. The number of benzene rings is 2. The average molecular weight is 419 g/mol. The van der Waals surface area contributed by atoms with Crippen LogP contribution in [0.5, 0.6) is 5.88 Å². The summed E-state index contributed by atoms with van der Waals surface area (Å²) in [4.78, 5) is 16.7. The Bertz CT molecular complexity index is 1130. The molecule has 6 nitrogen and oxygen atoms in total. The molecule has 4 aromatic rings. The molecule has 2 heterocycles. The van der Waals surface area contributed by atoms with Gasteiger partial charge in [-0.15, -0.1) is 0 Å². The molecule has 0 fully saturated rings. The highest BCUT2D eigenvalue weighted by Gasteiger charge is 2.10. The summed E-state index contributed by atoms with van der Waals surface area (Å²) in [6, 6.07) is 20.8. The van der Waals surface area contributed by atoms with Gasteiger partial charge in [-0.25, -0.2) is 9.67 Å². The van der Waals surface area contributed by atoms with E-state index >= 15 is 0 Å². The summed E-state index contributed by atoms with van der Waals surface area (Å²) in [5.74, 6) is 0.305. The molecule has 7 heteroatoms. The Morgan fingerprint density at radius 1 is 1.03 bits per heavy atom. The van der Waals surface area contributed by atoms with Crippen LogP contribution in [0.1, 0.15) is 21.5 Å². The number of halogens is 1. The minimum atomic E-state index is -0.209. The number of hydrogen-bond donors (Lipinski definition) is 1. The maximum atomic E-state index is 12.5. The molecule has 0 aliphatic heterocycles. The molecule has 4 rings (SSSR count). The highest BCUT2D eigenvalue weighted by atomic mass is 35.5. The van der Waals surface area contributed by atoms with Crippen molar-refractivity contribution in [2.75, 3.05) is 0 Å². The van der Waals surface area contributed by atoms with E-state index in [9.17, 15) is 4.79 Å². The van der Waals surface area contributed by atoms with E-state index in [4.69, 9.17) is 16.3 Å². The Morgan fingerprint density at radius 3 is 2.63 bits per heavy atom. The standard InChI is InChI=1S/C23H19ClN4O2/c24-20-6-8-21(9-7-20)28-15-19(14-27-28)23(29)26-13-18-10-11-25-22(12-18)30-16-17-4-2-1-3-5-17/h1-12,14-15H,13,16H2,(H,26,29). The third-order valence-corrected chi connectivity index (χ3v) is 4.67. The van der Waals surface area contributed by atoms with Crippen LogP contribution in [0.2, 0.25) is 5.02 Å². The smallest absolute Gasteiger partial charge is 0.254 e. The van der Waals surface area contributed by atoms with Gasteiger partial charge < -0.3 is 10.1 Å². The van der Waals surface area contributed by atoms with E-state index in [0.29, 0.717) is 29.6 Å². The molecule has 1 amide bonds. The van der Waals surface area contributed by atoms with E-state index in [1.165, 1.54) is 6.20 Å². The van der Waals surface area contributed by atoms with Crippen LogP contribution in [-0.4, -0.2) is 20.7 Å². The van der Waals surface area contributed by atoms with Crippen LogP contribution >= 0.6 is 11.6 Å². The minimum Gasteiger partial charge on any atom is -0.473 e. The Morgan fingerprint density at radius 2 is 1.83 bits per heavy atom. The summed E-state index contributed by atoms with van der Waals surface area (Å²) in [6.45, 7) is 0.794. The molecule has 0 aliphatic carbocycles. The Labute approximate surface area is 179 Å². The number of amides is 1. The molecule has 1 N–H and O–H groups in total. The summed E-state index contributed by atoms with van der Waals surface area (Å²) in [5, 5.41) is 7.78. The second kappa shape index (κ2) is 9.24. The van der Waals surface area contributed by atoms with Gasteiger partial charge in [0, 0.05) is 30.0 Å². The number of pyridine rings is 1. The fourth-order valence-corrected chi connectivity index (χ4v) is 2.96. The van der Waals surface area contributed by atoms with Gasteiger partial charge in [0.25, 0.3) is 5.91 Å². The fraction of sp³-hybridized carbons (Fsp3) is 0.0870. The van der Waals surface area contributed by atoms with Gasteiger partial charge in [0.1, 0.15) is 6.61 Å². The van der Waals surface area contributed by atoms with Gasteiger partial charge in [-0.1, -0.05) is 41.9 Å². The maximum Gasteiger partial charge on any atom is 0.254 e. The highest BCUT2D eigenvalue weighted by molar-refractivity contribution is 6.30. The number of nitrogens with zero attached hydrogens (tertiary/aromatic N) is 3. The molecule has 0 unspecified atom stereocenters. The van der Waals surface area contributed by atoms with E-state index in [1.54, 1.807) is 29.2 Å². The first-order chi connectivity index (χ1) is 14.7. The van der Waals surface area contributed by atoms with Crippen LogP contribution in [0, 0.1) is 0 Å². The minimum absolute atomic E-state index is 0.209. The van der Waals surface area contributed by atoms with Crippen molar-refractivity contribution in [1.82, 2.24) is 20.1 Å². The van der Waals surface area contributed by atoms with Crippen molar-refractivity contribution in [3.05, 3.63) is 107 Å². The van der Waals surface area contributed by atoms with Gasteiger partial charge in [-0.3, -0.25) is 4.79 Å². The number of hydrogen-bond acceptors (Lipinski definition) is 4. The SMILES string of the molecule is O=C(NCc1ccnc(OCc2ccccc2)c1)c1cnn(-c2ccc(Cl)cc2)c1. The largest absolute Gasteiger partial charge is 0.473 e. The molecule has 0 saturated carbocycles. The van der Waals surface area contributed by atoms with E-state index < -0.39 is 0 Å². The predicted octanol–water partition coefficient (Wildman–Crippen LogP) is 4.43. The van der Waals surface area contributed by atoms with Gasteiger partial charge in [0.2, 0.25) is 5.88 Å². The zero-order valence-electron chi connectivity index (χ0n) is 16.0. The first-order valence-corrected chi connectivity index (χ1v) is 9.76. The lowest BCUT2D eigenvalue weighted by atomic mass is 10.2. The summed E-state index contributed by atoms with van der Waals surface area (Å²) < 4.78 is 7.37. The molecular formula is C23H19ClN4O2. The summed E-state index contributed by atoms with van der Waals surface area (Å²) in [7, 11) is 0. The van der Waals surface area contributed by atoms with Crippen molar-refractivity contribution in [1.29, 1.82) is 0 Å². The molecule has 0 saturated heterocycles. The number of carbonyl (C=O) groups excluding carboxylic acids is 1. The number of ether oxygens (including phenoxy) is 1. The van der Waals surface area contributed by atoms with Crippen LogP contribution in [-0.2, 0) is 13.2 Å². The van der Waals surface area contributed by atoms with Gasteiger partial charge in [-0.2, -0.15) is 5.10 Å². The van der Waals surface area contributed by atoms with Crippen molar-refractivity contribution in [2.24, 2.45) is 0 Å². The van der Waals surface area contributed by atoms with Gasteiger partial charge >= 0.3 is 0 Å². The Balaban J connectivity index is 1.34. The van der Waals surface area contributed by atoms with Gasteiger partial charge in [-0.05, 0) is 41.5 Å². The monoisotopic (exact) mass is 418 g/mol. The quantitative estimate of drug-likeness (QED) is 0.482. The third kappa shape index (κ3) is 5.04. The van der Waals surface area contributed by atoms with Gasteiger partial charge in [0.05, 0.1) is 17.4 Å². The second-order valence-corrected chi connectivity index (χ2v) is 7.05. The van der Waals surface area contributed by atoms with E-state index in [2.05, 4.69) is 15.4 Å². The lowest BCUT2D eigenvalue weighted by molar-refractivity contribution is 0.0951. The van der Waals surface area contributed by atoms with E-state index in [1.807, 2.05) is 54.6 Å². The highest BCUT2D eigenvalue weighted by Crippen LogP contribution is 2.14. The van der Waals surface area contributed by atoms with Crippen molar-refractivity contribution < 1.29 is 9.53 Å². The zero-order valence-corrected chi connectivity index (χ0v) is 16.8. The van der Waals surface area contributed by atoms with Crippen molar-refractivity contribution in [2.45, 2.75) is 13.2 Å². The van der Waals surface area contributed by atoms with Crippen LogP contribution in [0.3, 0.4) is 0 Å². The van der Waals surface area contributed by atoms with Crippen LogP contribution in [0.25, 0.3) is 5.69 Å². The molecule has 0 radical (unpaired) electrons. The fourth-order valence-electron chi connectivity index (χ4n) is 2.83. The van der Waals surface area contributed by atoms with Crippen molar-refractivity contribution >= 4 is 17.5 Å². The first kappa shape index (κ1) is 19.7. The summed E-state index contributed by atoms with van der Waals surface area (Å²) >= 11 is 5.91. The average Bonchev–Trinajstić information content (AvgIpc) is 3.28.